The Bertz CT molecular complexity index is 1210. The van der Waals surface area contributed by atoms with Gasteiger partial charge in [-0.05, 0) is 62.1 Å². The molecule has 1 saturated carbocycles. The Kier molecular flexibility index (Phi) is 5.35. The molecule has 0 aliphatic heterocycles. The first-order valence-electron chi connectivity index (χ1n) is 10.6. The van der Waals surface area contributed by atoms with Crippen LogP contribution in [-0.4, -0.2) is 32.7 Å². The Balaban J connectivity index is 1.57. The molecule has 156 valence electrons. The molecule has 4 aromatic rings. The third-order valence-corrected chi connectivity index (χ3v) is 5.57. The minimum absolute atomic E-state index is 0.241. The van der Waals surface area contributed by atoms with E-state index in [-0.39, 0.29) is 6.10 Å². The molecule has 1 aliphatic rings. The van der Waals surface area contributed by atoms with Crippen molar-refractivity contribution in [1.29, 1.82) is 0 Å². The van der Waals surface area contributed by atoms with E-state index in [1.54, 1.807) is 25.6 Å². The third-order valence-electron chi connectivity index (χ3n) is 5.57. The van der Waals surface area contributed by atoms with E-state index in [2.05, 4.69) is 9.97 Å². The highest BCUT2D eigenvalue weighted by Gasteiger charge is 2.20. The molecule has 0 radical (unpaired) electrons. The molecule has 0 spiro atoms. The maximum Gasteiger partial charge on any atom is 0.235 e. The Morgan fingerprint density at radius 1 is 0.935 bits per heavy atom. The topological polar surface area (TPSA) is 62.1 Å². The van der Waals surface area contributed by atoms with Gasteiger partial charge in [0.05, 0.1) is 24.2 Å². The molecule has 0 N–H and O–H groups in total. The van der Waals surface area contributed by atoms with E-state index in [1.165, 1.54) is 12.8 Å². The maximum absolute atomic E-state index is 6.36. The van der Waals surface area contributed by atoms with Gasteiger partial charge in [-0.2, -0.15) is 0 Å². The molecule has 2 aromatic heterocycles. The minimum atomic E-state index is 0.241. The number of methoxy groups -OCH3 is 1. The zero-order valence-corrected chi connectivity index (χ0v) is 17.4. The predicted molar refractivity (Wildman–Crippen MR) is 121 cm³/mol. The summed E-state index contributed by atoms with van der Waals surface area (Å²) in [5.41, 5.74) is 2.81. The van der Waals surface area contributed by atoms with Crippen molar-refractivity contribution < 1.29 is 9.47 Å². The van der Waals surface area contributed by atoms with Gasteiger partial charge in [0.15, 0.2) is 11.5 Å². The van der Waals surface area contributed by atoms with E-state index >= 15 is 0 Å². The molecule has 1 aliphatic carbocycles. The van der Waals surface area contributed by atoms with E-state index in [4.69, 9.17) is 14.5 Å². The van der Waals surface area contributed by atoms with Gasteiger partial charge in [0.25, 0.3) is 0 Å². The summed E-state index contributed by atoms with van der Waals surface area (Å²) in [6, 6.07) is 15.7. The zero-order valence-electron chi connectivity index (χ0n) is 17.4. The van der Waals surface area contributed by atoms with Crippen molar-refractivity contribution in [2.45, 2.75) is 31.8 Å². The minimum Gasteiger partial charge on any atom is -0.493 e. The molecule has 2 heterocycles. The van der Waals surface area contributed by atoms with Gasteiger partial charge in [0.2, 0.25) is 5.95 Å². The van der Waals surface area contributed by atoms with E-state index in [0.717, 1.165) is 46.8 Å². The van der Waals surface area contributed by atoms with Gasteiger partial charge in [-0.3, -0.25) is 4.57 Å². The fraction of sp³-hybridized carbons (Fsp3) is 0.240. The van der Waals surface area contributed by atoms with Gasteiger partial charge >= 0.3 is 0 Å². The molecule has 0 unspecified atom stereocenters. The van der Waals surface area contributed by atoms with Gasteiger partial charge in [0.1, 0.15) is 5.82 Å². The second-order valence-corrected chi connectivity index (χ2v) is 7.58. The lowest BCUT2D eigenvalue weighted by Gasteiger charge is -2.18. The number of nitrogens with zero attached hydrogens (tertiary/aromatic N) is 4. The summed E-state index contributed by atoms with van der Waals surface area (Å²) >= 11 is 0. The first kappa shape index (κ1) is 19.3. The lowest BCUT2D eigenvalue weighted by molar-refractivity contribution is 0.200. The lowest BCUT2D eigenvalue weighted by atomic mass is 10.1. The maximum atomic E-state index is 6.36. The monoisotopic (exact) mass is 412 g/mol. The van der Waals surface area contributed by atoms with Crippen LogP contribution in [0, 0.1) is 0 Å². The molecule has 1 fully saturated rings. The Morgan fingerprint density at radius 2 is 1.74 bits per heavy atom. The number of aromatic nitrogens is 4. The summed E-state index contributed by atoms with van der Waals surface area (Å²) in [7, 11) is 1.68. The molecular formula is C25H24N4O2. The molecule has 0 saturated heterocycles. The van der Waals surface area contributed by atoms with Crippen LogP contribution in [0.2, 0.25) is 0 Å². The SMILES string of the molecule is COc1cccc(C=Cc2nc3ccccc3n2-c2ncccn2)c1OC1CCCC1. The van der Waals surface area contributed by atoms with Gasteiger partial charge in [0, 0.05) is 18.0 Å². The Morgan fingerprint density at radius 3 is 2.55 bits per heavy atom. The first-order valence-corrected chi connectivity index (χ1v) is 10.6. The largest absolute Gasteiger partial charge is 0.493 e. The first-order chi connectivity index (χ1) is 15.3. The predicted octanol–water partition coefficient (Wildman–Crippen LogP) is 5.32. The standard InChI is InChI=1S/C25H24N4O2/c1-30-22-13-6-8-18(24(22)31-19-9-2-3-10-19)14-15-23-28-20-11-4-5-12-21(20)29(23)25-26-16-7-17-27-25/h4-8,11-17,19H,2-3,9-10H2,1H3. The average molecular weight is 412 g/mol. The van der Waals surface area contributed by atoms with Crippen molar-refractivity contribution in [1.82, 2.24) is 19.5 Å². The highest BCUT2D eigenvalue weighted by molar-refractivity contribution is 5.82. The van der Waals surface area contributed by atoms with Crippen molar-refractivity contribution in [2.24, 2.45) is 0 Å². The number of hydrogen-bond acceptors (Lipinski definition) is 5. The van der Waals surface area contributed by atoms with Gasteiger partial charge in [-0.15, -0.1) is 0 Å². The number of hydrogen-bond donors (Lipinski definition) is 0. The van der Waals surface area contributed by atoms with E-state index < -0.39 is 0 Å². The zero-order chi connectivity index (χ0) is 21.0. The molecule has 0 atom stereocenters. The second-order valence-electron chi connectivity index (χ2n) is 7.58. The smallest absolute Gasteiger partial charge is 0.235 e. The molecule has 5 rings (SSSR count). The second kappa shape index (κ2) is 8.60. The van der Waals surface area contributed by atoms with Crippen LogP contribution < -0.4 is 9.47 Å². The number of imidazole rings is 1. The fourth-order valence-corrected chi connectivity index (χ4v) is 4.06. The number of fused-ring (bicyclic) bond motifs is 1. The molecule has 0 bridgehead atoms. The number of rotatable bonds is 6. The summed E-state index contributed by atoms with van der Waals surface area (Å²) in [6.07, 6.45) is 12.3. The molecule has 6 heteroatoms. The van der Waals surface area contributed by atoms with Gasteiger partial charge < -0.3 is 9.47 Å². The Labute approximate surface area is 181 Å². The third kappa shape index (κ3) is 3.89. The average Bonchev–Trinajstić information content (AvgIpc) is 3.46. The van der Waals surface area contributed by atoms with Crippen molar-refractivity contribution >= 4 is 23.2 Å². The van der Waals surface area contributed by atoms with E-state index in [9.17, 15) is 0 Å². The van der Waals surface area contributed by atoms with Crippen molar-refractivity contribution in [2.75, 3.05) is 7.11 Å². The fourth-order valence-electron chi connectivity index (χ4n) is 4.06. The van der Waals surface area contributed by atoms with Crippen LogP contribution in [0.1, 0.15) is 37.1 Å². The Hall–Kier alpha value is -3.67. The summed E-state index contributed by atoms with van der Waals surface area (Å²) in [4.78, 5) is 13.7. The number of ether oxygens (including phenoxy) is 2. The normalized spacial score (nSPS) is 14.5. The van der Waals surface area contributed by atoms with Gasteiger partial charge in [-0.1, -0.05) is 24.3 Å². The van der Waals surface area contributed by atoms with Crippen LogP contribution >= 0.6 is 0 Å². The van der Waals surface area contributed by atoms with Crippen LogP contribution in [0.25, 0.3) is 29.1 Å². The molecule has 31 heavy (non-hydrogen) atoms. The summed E-state index contributed by atoms with van der Waals surface area (Å²) in [5.74, 6) is 2.87. The molecule has 2 aromatic carbocycles. The van der Waals surface area contributed by atoms with E-state index in [1.807, 2.05) is 59.2 Å². The lowest BCUT2D eigenvalue weighted by Crippen LogP contribution is -2.12. The van der Waals surface area contributed by atoms with Gasteiger partial charge in [-0.25, -0.2) is 15.0 Å². The summed E-state index contributed by atoms with van der Waals surface area (Å²) in [6.45, 7) is 0. The van der Waals surface area contributed by atoms with Crippen molar-refractivity contribution in [3.63, 3.8) is 0 Å². The van der Waals surface area contributed by atoms with Crippen LogP contribution in [0.5, 0.6) is 11.5 Å². The number of benzene rings is 2. The van der Waals surface area contributed by atoms with Crippen LogP contribution in [0.15, 0.2) is 60.9 Å². The van der Waals surface area contributed by atoms with Crippen LogP contribution in [0.4, 0.5) is 0 Å². The van der Waals surface area contributed by atoms with E-state index in [0.29, 0.717) is 5.95 Å². The molecule has 6 nitrogen and oxygen atoms in total. The van der Waals surface area contributed by atoms with Crippen molar-refractivity contribution in [3.05, 3.63) is 72.3 Å². The highest BCUT2D eigenvalue weighted by Crippen LogP contribution is 2.36. The molecule has 0 amide bonds. The quantitative estimate of drug-likeness (QED) is 0.429. The van der Waals surface area contributed by atoms with Crippen LogP contribution in [0.3, 0.4) is 0 Å². The van der Waals surface area contributed by atoms with Crippen LogP contribution in [-0.2, 0) is 0 Å². The molecular weight excluding hydrogens is 388 g/mol. The number of para-hydroxylation sites is 3. The highest BCUT2D eigenvalue weighted by atomic mass is 16.5. The summed E-state index contributed by atoms with van der Waals surface area (Å²) < 4.78 is 13.9. The van der Waals surface area contributed by atoms with Crippen molar-refractivity contribution in [3.8, 4) is 17.4 Å². The summed E-state index contributed by atoms with van der Waals surface area (Å²) in [5, 5.41) is 0.